The third kappa shape index (κ3) is 3.97. The molecule has 2 aromatic heterocycles. The molecule has 2 aromatic rings. The van der Waals surface area contributed by atoms with Crippen molar-refractivity contribution in [1.82, 2.24) is 9.88 Å². The Balaban J connectivity index is 1.77. The minimum atomic E-state index is -0.973. The van der Waals surface area contributed by atoms with Gasteiger partial charge in [-0.2, -0.15) is 0 Å². The van der Waals surface area contributed by atoms with E-state index in [-0.39, 0.29) is 18.9 Å². The van der Waals surface area contributed by atoms with Crippen LogP contribution in [0.1, 0.15) is 17.7 Å². The van der Waals surface area contributed by atoms with E-state index in [2.05, 4.69) is 4.98 Å². The van der Waals surface area contributed by atoms with Crippen molar-refractivity contribution in [3.05, 3.63) is 46.7 Å². The average molecular weight is 374 g/mol. The number of hydrogen-bond acceptors (Lipinski definition) is 6. The second kappa shape index (κ2) is 7.20. The third-order valence-corrected chi connectivity index (χ3v) is 4.86. The van der Waals surface area contributed by atoms with E-state index in [1.54, 1.807) is 24.4 Å². The zero-order chi connectivity index (χ0) is 18.0. The highest BCUT2D eigenvalue weighted by atomic mass is 32.2. The predicted octanol–water partition coefficient (Wildman–Crippen LogP) is 3.33. The quantitative estimate of drug-likeness (QED) is 0.635. The Morgan fingerprint density at radius 2 is 2.20 bits per heavy atom. The van der Waals surface area contributed by atoms with E-state index in [0.29, 0.717) is 26.4 Å². The lowest BCUT2D eigenvalue weighted by Gasteiger charge is -2.12. The number of aromatic nitrogens is 1. The van der Waals surface area contributed by atoms with Crippen LogP contribution in [0, 0.1) is 6.92 Å². The first kappa shape index (κ1) is 17.4. The van der Waals surface area contributed by atoms with Gasteiger partial charge in [-0.05, 0) is 30.7 Å². The van der Waals surface area contributed by atoms with E-state index >= 15 is 0 Å². The Kier molecular flexibility index (Phi) is 5.00. The molecule has 0 saturated carbocycles. The summed E-state index contributed by atoms with van der Waals surface area (Å²) in [7, 11) is 0. The summed E-state index contributed by atoms with van der Waals surface area (Å²) < 4.78 is 6.08. The number of aryl methyl sites for hydroxylation is 1. The number of aliphatic carboxylic acids is 1. The standard InChI is InChI=1S/C17H14N2O4S2/c1-10-2-4-12(18-9-10)13-5-3-11(23-13)8-14-16(22)19(17(24)25-14)7-6-15(20)21/h2-5,8-9H,6-7H2,1H3,(H,20,21). The van der Waals surface area contributed by atoms with Crippen molar-refractivity contribution in [3.63, 3.8) is 0 Å². The van der Waals surface area contributed by atoms with E-state index < -0.39 is 5.97 Å². The Morgan fingerprint density at radius 1 is 1.40 bits per heavy atom. The summed E-state index contributed by atoms with van der Waals surface area (Å²) in [6.07, 6.45) is 3.21. The monoisotopic (exact) mass is 374 g/mol. The lowest BCUT2D eigenvalue weighted by Crippen LogP contribution is -2.30. The van der Waals surface area contributed by atoms with Crippen LogP contribution in [0.4, 0.5) is 0 Å². The first-order valence-corrected chi connectivity index (χ1v) is 8.66. The van der Waals surface area contributed by atoms with Crippen molar-refractivity contribution in [2.75, 3.05) is 6.54 Å². The molecule has 3 heterocycles. The number of hydrogen-bond donors (Lipinski definition) is 1. The number of carbonyl (C=O) groups is 2. The van der Waals surface area contributed by atoms with Gasteiger partial charge in [-0.3, -0.25) is 19.5 Å². The maximum Gasteiger partial charge on any atom is 0.305 e. The van der Waals surface area contributed by atoms with Crippen molar-refractivity contribution in [3.8, 4) is 11.5 Å². The molecular weight excluding hydrogens is 360 g/mol. The number of nitrogens with zero attached hydrogens (tertiary/aromatic N) is 2. The van der Waals surface area contributed by atoms with Gasteiger partial charge < -0.3 is 9.52 Å². The first-order chi connectivity index (χ1) is 11.9. The van der Waals surface area contributed by atoms with Gasteiger partial charge in [0.2, 0.25) is 0 Å². The predicted molar refractivity (Wildman–Crippen MR) is 98.8 cm³/mol. The number of carbonyl (C=O) groups excluding carboxylic acids is 1. The van der Waals surface area contributed by atoms with Gasteiger partial charge in [0.15, 0.2) is 5.76 Å². The Labute approximate surface area is 153 Å². The molecule has 1 aliphatic rings. The van der Waals surface area contributed by atoms with E-state index in [1.165, 1.54) is 4.90 Å². The van der Waals surface area contributed by atoms with Crippen LogP contribution < -0.4 is 0 Å². The summed E-state index contributed by atoms with van der Waals surface area (Å²) in [4.78, 5) is 29.0. The number of rotatable bonds is 5. The molecule has 0 aromatic carbocycles. The summed E-state index contributed by atoms with van der Waals surface area (Å²) in [5, 5.41) is 8.75. The van der Waals surface area contributed by atoms with Crippen LogP contribution in [-0.4, -0.2) is 37.7 Å². The lowest BCUT2D eigenvalue weighted by atomic mass is 10.2. The third-order valence-electron chi connectivity index (χ3n) is 3.49. The zero-order valence-electron chi connectivity index (χ0n) is 13.3. The van der Waals surface area contributed by atoms with Crippen molar-refractivity contribution >= 4 is 46.3 Å². The molecule has 6 nitrogen and oxygen atoms in total. The van der Waals surface area contributed by atoms with Crippen molar-refractivity contribution in [1.29, 1.82) is 0 Å². The van der Waals surface area contributed by atoms with Gasteiger partial charge in [0.1, 0.15) is 15.8 Å². The molecule has 0 atom stereocenters. The number of carboxylic acids is 1. The SMILES string of the molecule is Cc1ccc(-c2ccc(C=C3SC(=S)N(CCC(=O)O)C3=O)o2)nc1. The summed E-state index contributed by atoms with van der Waals surface area (Å²) in [6, 6.07) is 7.34. The maximum atomic E-state index is 12.3. The molecule has 0 spiro atoms. The topological polar surface area (TPSA) is 83.6 Å². The molecule has 25 heavy (non-hydrogen) atoms. The van der Waals surface area contributed by atoms with Gasteiger partial charge in [-0.15, -0.1) is 0 Å². The molecule has 0 radical (unpaired) electrons. The molecule has 0 aliphatic carbocycles. The second-order valence-electron chi connectivity index (χ2n) is 5.40. The van der Waals surface area contributed by atoms with Crippen molar-refractivity contribution < 1.29 is 19.1 Å². The fourth-order valence-corrected chi connectivity index (χ4v) is 3.50. The molecule has 3 rings (SSSR count). The number of pyridine rings is 1. The molecule has 1 N–H and O–H groups in total. The molecular formula is C17H14N2O4S2. The smallest absolute Gasteiger partial charge is 0.305 e. The van der Waals surface area contributed by atoms with Crippen LogP contribution in [0.5, 0.6) is 0 Å². The molecule has 0 bridgehead atoms. The number of thioether (sulfide) groups is 1. The minimum absolute atomic E-state index is 0.0635. The summed E-state index contributed by atoms with van der Waals surface area (Å²) in [5.74, 6) is -0.161. The fourth-order valence-electron chi connectivity index (χ4n) is 2.21. The van der Waals surface area contributed by atoms with E-state index in [0.717, 1.165) is 17.3 Å². The van der Waals surface area contributed by atoms with Gasteiger partial charge >= 0.3 is 5.97 Å². The highest BCUT2D eigenvalue weighted by Crippen LogP contribution is 2.33. The minimum Gasteiger partial charge on any atom is -0.481 e. The Hall–Kier alpha value is -2.45. The van der Waals surface area contributed by atoms with Crippen LogP contribution >= 0.6 is 24.0 Å². The molecule has 8 heteroatoms. The largest absolute Gasteiger partial charge is 0.481 e. The summed E-state index contributed by atoms with van der Waals surface area (Å²) in [6.45, 7) is 2.02. The maximum absolute atomic E-state index is 12.3. The van der Waals surface area contributed by atoms with Crippen LogP contribution in [0.15, 0.2) is 39.8 Å². The summed E-state index contributed by atoms with van der Waals surface area (Å²) in [5.41, 5.74) is 1.76. The normalized spacial score (nSPS) is 16.0. The first-order valence-electron chi connectivity index (χ1n) is 7.44. The van der Waals surface area contributed by atoms with E-state index in [4.69, 9.17) is 21.7 Å². The molecule has 1 saturated heterocycles. The number of furan rings is 1. The van der Waals surface area contributed by atoms with Gasteiger partial charge in [0.05, 0.1) is 11.3 Å². The van der Waals surface area contributed by atoms with Crippen LogP contribution in [0.2, 0.25) is 0 Å². The second-order valence-corrected chi connectivity index (χ2v) is 7.08. The molecule has 128 valence electrons. The average Bonchev–Trinajstić information content (AvgIpc) is 3.12. The summed E-state index contributed by atoms with van der Waals surface area (Å²) >= 11 is 6.29. The molecule has 0 unspecified atom stereocenters. The number of carboxylic acid groups (broad SMARTS) is 1. The van der Waals surface area contributed by atoms with Crippen LogP contribution in [-0.2, 0) is 9.59 Å². The van der Waals surface area contributed by atoms with Gasteiger partial charge in [0, 0.05) is 18.8 Å². The molecule has 1 amide bonds. The molecule has 1 aliphatic heterocycles. The van der Waals surface area contributed by atoms with Crippen LogP contribution in [0.25, 0.3) is 17.5 Å². The van der Waals surface area contributed by atoms with Crippen LogP contribution in [0.3, 0.4) is 0 Å². The van der Waals surface area contributed by atoms with Gasteiger partial charge in [0.25, 0.3) is 5.91 Å². The fraction of sp³-hybridized carbons (Fsp3) is 0.176. The Morgan fingerprint density at radius 3 is 2.88 bits per heavy atom. The Bertz CT molecular complexity index is 871. The zero-order valence-corrected chi connectivity index (χ0v) is 14.9. The van der Waals surface area contributed by atoms with Crippen molar-refractivity contribution in [2.24, 2.45) is 0 Å². The van der Waals surface area contributed by atoms with Crippen molar-refractivity contribution in [2.45, 2.75) is 13.3 Å². The number of thiocarbonyl (C=S) groups is 1. The van der Waals surface area contributed by atoms with Gasteiger partial charge in [-0.1, -0.05) is 30.0 Å². The highest BCUT2D eigenvalue weighted by molar-refractivity contribution is 8.26. The van der Waals surface area contributed by atoms with E-state index in [1.807, 2.05) is 19.1 Å². The lowest BCUT2D eigenvalue weighted by molar-refractivity contribution is -0.137. The highest BCUT2D eigenvalue weighted by Gasteiger charge is 2.32. The van der Waals surface area contributed by atoms with Gasteiger partial charge in [-0.25, -0.2) is 0 Å². The van der Waals surface area contributed by atoms with E-state index in [9.17, 15) is 9.59 Å². The molecule has 1 fully saturated rings. The number of amides is 1.